The summed E-state index contributed by atoms with van der Waals surface area (Å²) in [6, 6.07) is -0.729. The largest absolute Gasteiger partial charge is 0.480 e. The van der Waals surface area contributed by atoms with Crippen LogP contribution in [-0.4, -0.2) is 46.9 Å². The molecule has 2 N–H and O–H groups in total. The van der Waals surface area contributed by atoms with E-state index >= 15 is 0 Å². The Kier molecular flexibility index (Phi) is 4.24. The lowest BCUT2D eigenvalue weighted by molar-refractivity contribution is -0.148. The number of amides is 2. The molecular weight excluding hydrogens is 320 g/mol. The minimum Gasteiger partial charge on any atom is -0.480 e. The molecule has 5 aliphatic rings. The molecule has 0 aromatic heterocycles. The molecule has 0 spiro atoms. The second-order valence-corrected chi connectivity index (χ2v) is 8.95. The van der Waals surface area contributed by atoms with E-state index in [0.717, 1.165) is 17.8 Å². The van der Waals surface area contributed by atoms with Gasteiger partial charge in [-0.3, -0.25) is 9.59 Å². The van der Waals surface area contributed by atoms with Gasteiger partial charge in [0.05, 0.1) is 6.54 Å². The van der Waals surface area contributed by atoms with Crippen molar-refractivity contribution in [3.05, 3.63) is 0 Å². The molecule has 6 heteroatoms. The van der Waals surface area contributed by atoms with Gasteiger partial charge in [-0.2, -0.15) is 0 Å². The molecule has 2 amide bonds. The smallest absolute Gasteiger partial charge is 0.326 e. The van der Waals surface area contributed by atoms with Crippen LogP contribution in [-0.2, 0) is 14.4 Å². The van der Waals surface area contributed by atoms with Crippen LogP contribution >= 0.6 is 0 Å². The van der Waals surface area contributed by atoms with Crippen molar-refractivity contribution in [2.45, 2.75) is 63.8 Å². The molecule has 4 aliphatic carbocycles. The van der Waals surface area contributed by atoms with Crippen LogP contribution in [0.4, 0.5) is 0 Å². The van der Waals surface area contributed by atoms with Gasteiger partial charge < -0.3 is 15.3 Å². The number of nitrogens with zero attached hydrogens (tertiary/aromatic N) is 1. The van der Waals surface area contributed by atoms with Crippen LogP contribution in [0.1, 0.15) is 57.8 Å². The van der Waals surface area contributed by atoms with Crippen LogP contribution in [0.2, 0.25) is 0 Å². The third-order valence-corrected chi connectivity index (χ3v) is 7.00. The fraction of sp³-hybridized carbons (Fsp3) is 0.842. The van der Waals surface area contributed by atoms with Gasteiger partial charge in [-0.15, -0.1) is 0 Å². The van der Waals surface area contributed by atoms with Crippen molar-refractivity contribution in [2.24, 2.45) is 23.2 Å². The number of carbonyl (C=O) groups excluding carboxylic acids is 2. The number of carbonyl (C=O) groups is 3. The lowest BCUT2D eigenvalue weighted by Gasteiger charge is -2.56. The Labute approximate surface area is 148 Å². The first kappa shape index (κ1) is 16.9. The number of aliphatic carboxylic acids is 1. The Morgan fingerprint density at radius 1 is 1.04 bits per heavy atom. The summed E-state index contributed by atoms with van der Waals surface area (Å²) in [7, 11) is 0. The zero-order valence-electron chi connectivity index (χ0n) is 14.7. The molecule has 25 heavy (non-hydrogen) atoms. The van der Waals surface area contributed by atoms with E-state index in [-0.39, 0.29) is 23.8 Å². The Bertz CT molecular complexity index is 553. The van der Waals surface area contributed by atoms with Crippen LogP contribution in [0.3, 0.4) is 0 Å². The fourth-order valence-electron chi connectivity index (χ4n) is 6.51. The quantitative estimate of drug-likeness (QED) is 0.793. The average Bonchev–Trinajstić information content (AvgIpc) is 3.00. The Balaban J connectivity index is 1.30. The zero-order chi connectivity index (χ0) is 17.6. The highest BCUT2D eigenvalue weighted by Gasteiger charge is 2.51. The van der Waals surface area contributed by atoms with Crippen LogP contribution in [0, 0.1) is 23.2 Å². The number of rotatable bonds is 5. The van der Waals surface area contributed by atoms with E-state index in [2.05, 4.69) is 5.32 Å². The molecule has 6 nitrogen and oxygen atoms in total. The predicted octanol–water partition coefficient (Wildman–Crippen LogP) is 1.78. The van der Waals surface area contributed by atoms with E-state index in [1.165, 1.54) is 43.4 Å². The average molecular weight is 348 g/mol. The number of carboxylic acid groups (broad SMARTS) is 1. The molecule has 1 heterocycles. The Hall–Kier alpha value is -1.59. The number of hydrogen-bond acceptors (Lipinski definition) is 3. The van der Waals surface area contributed by atoms with Crippen LogP contribution in [0.25, 0.3) is 0 Å². The number of hydrogen-bond donors (Lipinski definition) is 2. The molecule has 0 aromatic rings. The van der Waals surface area contributed by atoms with Crippen molar-refractivity contribution < 1.29 is 19.5 Å². The van der Waals surface area contributed by atoms with Gasteiger partial charge in [0.25, 0.3) is 0 Å². The summed E-state index contributed by atoms with van der Waals surface area (Å²) >= 11 is 0. The molecule has 1 atom stereocenters. The van der Waals surface area contributed by atoms with Gasteiger partial charge in [0, 0.05) is 13.0 Å². The monoisotopic (exact) mass is 348 g/mol. The molecule has 0 aromatic carbocycles. The summed E-state index contributed by atoms with van der Waals surface area (Å²) in [4.78, 5) is 37.3. The van der Waals surface area contributed by atoms with Crippen LogP contribution in [0.15, 0.2) is 0 Å². The van der Waals surface area contributed by atoms with E-state index in [9.17, 15) is 19.5 Å². The first-order chi connectivity index (χ1) is 11.9. The topological polar surface area (TPSA) is 86.7 Å². The van der Waals surface area contributed by atoms with Crippen molar-refractivity contribution in [3.8, 4) is 0 Å². The summed E-state index contributed by atoms with van der Waals surface area (Å²) in [5.41, 5.74) is 0.166. The number of likely N-dealkylation sites (tertiary alicyclic amines) is 1. The van der Waals surface area contributed by atoms with E-state index in [1.54, 1.807) is 0 Å². The molecule has 138 valence electrons. The molecule has 4 bridgehead atoms. The van der Waals surface area contributed by atoms with Crippen molar-refractivity contribution >= 4 is 17.8 Å². The molecule has 1 aliphatic heterocycles. The molecule has 0 unspecified atom stereocenters. The van der Waals surface area contributed by atoms with Gasteiger partial charge in [0.15, 0.2) is 0 Å². The SMILES string of the molecule is O=C(CC12CC3CC(CC(C3)C1)C2)NCC(=O)N1CCC[C@H]1C(=O)O. The van der Waals surface area contributed by atoms with E-state index in [4.69, 9.17) is 0 Å². The maximum absolute atomic E-state index is 12.5. The summed E-state index contributed by atoms with van der Waals surface area (Å²) in [5, 5.41) is 11.9. The highest BCUT2D eigenvalue weighted by atomic mass is 16.4. The maximum Gasteiger partial charge on any atom is 0.326 e. The molecular formula is C19H28N2O4. The number of nitrogens with one attached hydrogen (secondary N) is 1. The van der Waals surface area contributed by atoms with Crippen molar-refractivity contribution in [2.75, 3.05) is 13.1 Å². The van der Waals surface area contributed by atoms with E-state index < -0.39 is 12.0 Å². The Morgan fingerprint density at radius 3 is 2.20 bits per heavy atom. The number of carboxylic acids is 1. The maximum atomic E-state index is 12.5. The fourth-order valence-corrected chi connectivity index (χ4v) is 6.51. The molecule has 1 saturated heterocycles. The molecule has 0 radical (unpaired) electrons. The lowest BCUT2D eigenvalue weighted by Crippen LogP contribution is -2.49. The summed E-state index contributed by atoms with van der Waals surface area (Å²) < 4.78 is 0. The summed E-state index contributed by atoms with van der Waals surface area (Å²) in [5.74, 6) is 1.15. The van der Waals surface area contributed by atoms with Crippen molar-refractivity contribution in [1.29, 1.82) is 0 Å². The van der Waals surface area contributed by atoms with E-state index in [0.29, 0.717) is 25.8 Å². The highest BCUT2D eigenvalue weighted by molar-refractivity contribution is 5.88. The molecule has 4 saturated carbocycles. The zero-order valence-corrected chi connectivity index (χ0v) is 14.7. The highest BCUT2D eigenvalue weighted by Crippen LogP contribution is 2.61. The van der Waals surface area contributed by atoms with Gasteiger partial charge in [-0.25, -0.2) is 4.79 Å². The van der Waals surface area contributed by atoms with Gasteiger partial charge in [0.1, 0.15) is 6.04 Å². The standard InChI is InChI=1S/C19H28N2O4/c22-16(20-11-17(23)21-3-1-2-15(21)18(24)25)10-19-7-12-4-13(8-19)6-14(5-12)9-19/h12-15H,1-11H2,(H,20,22)(H,24,25)/t12?,13?,14?,15-,19?/m0/s1. The van der Waals surface area contributed by atoms with Crippen LogP contribution < -0.4 is 5.32 Å². The van der Waals surface area contributed by atoms with E-state index in [1.807, 2.05) is 0 Å². The van der Waals surface area contributed by atoms with Gasteiger partial charge in [0.2, 0.25) is 11.8 Å². The van der Waals surface area contributed by atoms with Crippen molar-refractivity contribution in [3.63, 3.8) is 0 Å². The van der Waals surface area contributed by atoms with Gasteiger partial charge in [-0.05, 0) is 74.5 Å². The second kappa shape index (κ2) is 6.29. The molecule has 5 fully saturated rings. The van der Waals surface area contributed by atoms with Gasteiger partial charge in [-0.1, -0.05) is 0 Å². The predicted molar refractivity (Wildman–Crippen MR) is 90.6 cm³/mol. The third kappa shape index (κ3) is 3.27. The third-order valence-electron chi connectivity index (χ3n) is 7.00. The van der Waals surface area contributed by atoms with Crippen molar-refractivity contribution in [1.82, 2.24) is 10.2 Å². The lowest BCUT2D eigenvalue weighted by atomic mass is 9.49. The second-order valence-electron chi connectivity index (χ2n) is 8.95. The summed E-state index contributed by atoms with van der Waals surface area (Å²) in [6.07, 6.45) is 9.33. The minimum atomic E-state index is -0.953. The Morgan fingerprint density at radius 2 is 1.64 bits per heavy atom. The normalized spacial score (nSPS) is 38.8. The first-order valence-electron chi connectivity index (χ1n) is 9.73. The van der Waals surface area contributed by atoms with Crippen LogP contribution in [0.5, 0.6) is 0 Å². The molecule has 5 rings (SSSR count). The summed E-state index contributed by atoms with van der Waals surface area (Å²) in [6.45, 7) is 0.398. The minimum absolute atomic E-state index is 0.0404. The van der Waals surface area contributed by atoms with Gasteiger partial charge >= 0.3 is 5.97 Å². The first-order valence-corrected chi connectivity index (χ1v) is 9.73.